The minimum atomic E-state index is -5.06. The quantitative estimate of drug-likeness (QED) is 0.459. The zero-order chi connectivity index (χ0) is 24.6. The van der Waals surface area contributed by atoms with Crippen molar-refractivity contribution in [2.45, 2.75) is 37.7 Å². The number of fused-ring (bicyclic) bond motifs is 1. The van der Waals surface area contributed by atoms with Crippen LogP contribution in [0, 0.1) is 0 Å². The van der Waals surface area contributed by atoms with Crippen LogP contribution in [0.2, 0.25) is 0 Å². The fourth-order valence-electron chi connectivity index (χ4n) is 3.58. The molecular weight excluding hydrogens is 456 g/mol. The molecule has 2 atom stereocenters. The highest BCUT2D eigenvalue weighted by Crippen LogP contribution is 2.38. The second-order valence-electron chi connectivity index (χ2n) is 7.40. The summed E-state index contributed by atoms with van der Waals surface area (Å²) in [7, 11) is 0. The molecule has 0 aliphatic carbocycles. The number of para-hydroxylation sites is 1. The second-order valence-corrected chi connectivity index (χ2v) is 7.40. The van der Waals surface area contributed by atoms with E-state index in [1.54, 1.807) is 24.3 Å². The van der Waals surface area contributed by atoms with Crippen molar-refractivity contribution in [3.05, 3.63) is 64.8 Å². The van der Waals surface area contributed by atoms with E-state index in [0.29, 0.717) is 23.0 Å². The molecule has 0 spiro atoms. The molecule has 6 nitrogen and oxygen atoms in total. The van der Waals surface area contributed by atoms with Gasteiger partial charge in [0, 0.05) is 18.2 Å². The molecule has 12 heteroatoms. The first-order chi connectivity index (χ1) is 15.3. The predicted octanol–water partition coefficient (Wildman–Crippen LogP) is 4.52. The second kappa shape index (κ2) is 8.75. The maximum Gasteiger partial charge on any atom is 0.416 e. The van der Waals surface area contributed by atoms with Gasteiger partial charge in [0.05, 0.1) is 22.3 Å². The van der Waals surface area contributed by atoms with Gasteiger partial charge in [-0.2, -0.15) is 31.4 Å². The van der Waals surface area contributed by atoms with Gasteiger partial charge >= 0.3 is 18.3 Å². The third kappa shape index (κ3) is 5.44. The average molecular weight is 473 g/mol. The van der Waals surface area contributed by atoms with Crippen LogP contribution < -0.4 is 5.32 Å². The zero-order valence-electron chi connectivity index (χ0n) is 16.9. The molecule has 0 bridgehead atoms. The Labute approximate surface area is 182 Å². The Morgan fingerprint density at radius 2 is 1.61 bits per heavy atom. The van der Waals surface area contributed by atoms with Crippen LogP contribution in [0.15, 0.2) is 42.5 Å². The van der Waals surface area contributed by atoms with E-state index in [1.165, 1.54) is 0 Å². The van der Waals surface area contributed by atoms with Gasteiger partial charge in [-0.25, -0.2) is 4.79 Å². The van der Waals surface area contributed by atoms with Gasteiger partial charge in [0.15, 0.2) is 0 Å². The highest BCUT2D eigenvalue weighted by molar-refractivity contribution is 5.86. The predicted molar refractivity (Wildman–Crippen MR) is 104 cm³/mol. The maximum absolute atomic E-state index is 13.3. The number of carboxylic acid groups (broad SMARTS) is 1. The standard InChI is InChI=1S/C21H17F6N3O3/c1-10(31)28-18(19(32)33)15(17-14-4-2-3-5-16(14)29-30-17)8-11-6-12(20(22,23)24)9-13(7-11)21(25,26)27/h2-7,9,15,18H,8H2,1H3,(H,28,31)(H,29,30)(H,32,33). The summed E-state index contributed by atoms with van der Waals surface area (Å²) in [5.74, 6) is -3.55. The number of aliphatic carboxylic acids is 1. The average Bonchev–Trinajstić information content (AvgIpc) is 3.12. The van der Waals surface area contributed by atoms with Crippen LogP contribution in [-0.4, -0.2) is 33.2 Å². The number of benzene rings is 2. The van der Waals surface area contributed by atoms with Crippen LogP contribution in [0.4, 0.5) is 26.3 Å². The van der Waals surface area contributed by atoms with E-state index in [0.717, 1.165) is 6.92 Å². The van der Waals surface area contributed by atoms with Gasteiger partial charge in [-0.15, -0.1) is 0 Å². The van der Waals surface area contributed by atoms with E-state index in [9.17, 15) is 41.0 Å². The molecule has 176 valence electrons. The van der Waals surface area contributed by atoms with Crippen molar-refractivity contribution in [2.75, 3.05) is 0 Å². The lowest BCUT2D eigenvalue weighted by Crippen LogP contribution is -2.45. The fourth-order valence-corrected chi connectivity index (χ4v) is 3.58. The normalized spacial score (nSPS) is 14.2. The van der Waals surface area contributed by atoms with Crippen LogP contribution in [0.25, 0.3) is 10.9 Å². The highest BCUT2D eigenvalue weighted by Gasteiger charge is 2.38. The fraction of sp³-hybridized carbons (Fsp3) is 0.286. The summed E-state index contributed by atoms with van der Waals surface area (Å²) >= 11 is 0. The van der Waals surface area contributed by atoms with Crippen molar-refractivity contribution >= 4 is 22.8 Å². The van der Waals surface area contributed by atoms with E-state index in [2.05, 4.69) is 15.5 Å². The number of hydrogen-bond donors (Lipinski definition) is 3. The van der Waals surface area contributed by atoms with E-state index in [1.807, 2.05) is 0 Å². The molecule has 0 aliphatic heterocycles. The van der Waals surface area contributed by atoms with Gasteiger partial charge < -0.3 is 10.4 Å². The molecule has 2 aromatic carbocycles. The van der Waals surface area contributed by atoms with Crippen molar-refractivity contribution in [1.82, 2.24) is 15.5 Å². The van der Waals surface area contributed by atoms with E-state index < -0.39 is 59.3 Å². The lowest BCUT2D eigenvalue weighted by atomic mass is 9.86. The minimum absolute atomic E-state index is 0.00898. The van der Waals surface area contributed by atoms with Crippen molar-refractivity contribution in [2.24, 2.45) is 0 Å². The first-order valence-corrected chi connectivity index (χ1v) is 9.48. The Kier molecular flexibility index (Phi) is 6.39. The van der Waals surface area contributed by atoms with Gasteiger partial charge in [-0.1, -0.05) is 18.2 Å². The van der Waals surface area contributed by atoms with Gasteiger partial charge in [-0.05, 0) is 36.2 Å². The largest absolute Gasteiger partial charge is 0.480 e. The van der Waals surface area contributed by atoms with Crippen molar-refractivity contribution < 1.29 is 41.0 Å². The van der Waals surface area contributed by atoms with Gasteiger partial charge in [0.25, 0.3) is 0 Å². The summed E-state index contributed by atoms with van der Waals surface area (Å²) in [6.45, 7) is 1.04. The number of rotatable bonds is 6. The smallest absolute Gasteiger partial charge is 0.416 e. The number of carbonyl (C=O) groups is 2. The molecule has 3 aromatic rings. The molecule has 3 rings (SSSR count). The number of alkyl halides is 6. The first-order valence-electron chi connectivity index (χ1n) is 9.48. The molecular formula is C21H17F6N3O3. The van der Waals surface area contributed by atoms with Gasteiger partial charge in [0.1, 0.15) is 6.04 Å². The molecule has 0 fully saturated rings. The Morgan fingerprint density at radius 3 is 2.12 bits per heavy atom. The molecule has 1 aromatic heterocycles. The summed E-state index contributed by atoms with van der Waals surface area (Å²) in [4.78, 5) is 23.6. The van der Waals surface area contributed by atoms with Crippen LogP contribution in [0.3, 0.4) is 0 Å². The minimum Gasteiger partial charge on any atom is -0.480 e. The number of halogens is 6. The number of nitrogens with zero attached hydrogens (tertiary/aromatic N) is 1. The SMILES string of the molecule is CC(=O)NC(C(=O)O)C(Cc1cc(C(F)(F)F)cc(C(F)(F)F)c1)c1n[nH]c2ccccc12. The Hall–Kier alpha value is -3.57. The maximum atomic E-state index is 13.3. The Morgan fingerprint density at radius 1 is 1.03 bits per heavy atom. The number of carbonyl (C=O) groups excluding carboxylic acids is 1. The molecule has 2 unspecified atom stereocenters. The Balaban J connectivity index is 2.18. The number of amides is 1. The summed E-state index contributed by atoms with van der Waals surface area (Å²) in [6.07, 6.45) is -10.7. The molecule has 33 heavy (non-hydrogen) atoms. The Bertz CT molecular complexity index is 1150. The lowest BCUT2D eigenvalue weighted by molar-refractivity contribution is -0.144. The third-order valence-electron chi connectivity index (χ3n) is 4.98. The van der Waals surface area contributed by atoms with Crippen molar-refractivity contribution in [1.29, 1.82) is 0 Å². The van der Waals surface area contributed by atoms with Gasteiger partial charge in [0.2, 0.25) is 5.91 Å². The third-order valence-corrected chi connectivity index (χ3v) is 4.98. The van der Waals surface area contributed by atoms with E-state index in [4.69, 9.17) is 0 Å². The van der Waals surface area contributed by atoms with E-state index >= 15 is 0 Å². The summed E-state index contributed by atoms with van der Waals surface area (Å²) < 4.78 is 79.7. The first kappa shape index (κ1) is 24.1. The molecule has 0 aliphatic rings. The summed E-state index contributed by atoms with van der Waals surface area (Å²) in [5.41, 5.74) is -2.90. The van der Waals surface area contributed by atoms with Crippen LogP contribution in [0.5, 0.6) is 0 Å². The number of aromatic nitrogens is 2. The number of aromatic amines is 1. The topological polar surface area (TPSA) is 95.1 Å². The van der Waals surface area contributed by atoms with Gasteiger partial charge in [-0.3, -0.25) is 9.89 Å². The molecule has 0 saturated carbocycles. The number of nitrogens with one attached hydrogen (secondary N) is 2. The number of hydrogen-bond acceptors (Lipinski definition) is 3. The zero-order valence-corrected chi connectivity index (χ0v) is 16.9. The van der Waals surface area contributed by atoms with E-state index in [-0.39, 0.29) is 11.8 Å². The van der Waals surface area contributed by atoms with Crippen molar-refractivity contribution in [3.8, 4) is 0 Å². The van der Waals surface area contributed by atoms with Crippen LogP contribution >= 0.6 is 0 Å². The number of H-pyrrole nitrogens is 1. The highest BCUT2D eigenvalue weighted by atomic mass is 19.4. The molecule has 3 N–H and O–H groups in total. The molecule has 0 radical (unpaired) electrons. The number of carboxylic acids is 1. The monoisotopic (exact) mass is 473 g/mol. The lowest BCUT2D eigenvalue weighted by Gasteiger charge is -2.24. The van der Waals surface area contributed by atoms with Crippen LogP contribution in [0.1, 0.15) is 35.2 Å². The molecule has 0 saturated heterocycles. The van der Waals surface area contributed by atoms with Crippen molar-refractivity contribution in [3.63, 3.8) is 0 Å². The summed E-state index contributed by atoms with van der Waals surface area (Å²) in [6, 6.07) is 5.84. The summed E-state index contributed by atoms with van der Waals surface area (Å²) in [5, 5.41) is 19.0. The molecule has 1 amide bonds. The molecule has 1 heterocycles. The van der Waals surface area contributed by atoms with Crippen LogP contribution in [-0.2, 0) is 28.4 Å².